The van der Waals surface area contributed by atoms with E-state index in [0.29, 0.717) is 12.8 Å². The molecule has 1 aliphatic heterocycles. The number of aromatic nitrogens is 2. The zero-order valence-electron chi connectivity index (χ0n) is 15.0. The summed E-state index contributed by atoms with van der Waals surface area (Å²) in [6.07, 6.45) is 3.56. The minimum atomic E-state index is -0.956. The van der Waals surface area contributed by atoms with Crippen molar-refractivity contribution in [1.82, 2.24) is 15.5 Å². The highest BCUT2D eigenvalue weighted by atomic mass is 16.2. The highest BCUT2D eigenvalue weighted by molar-refractivity contribution is 5.93. The maximum Gasteiger partial charge on any atom is 0.273 e. The van der Waals surface area contributed by atoms with Gasteiger partial charge in [-0.1, -0.05) is 30.3 Å². The minimum Gasteiger partial charge on any atom is -0.355 e. The van der Waals surface area contributed by atoms with Crippen LogP contribution in [-0.4, -0.2) is 34.7 Å². The van der Waals surface area contributed by atoms with Gasteiger partial charge in [-0.15, -0.1) is 10.2 Å². The van der Waals surface area contributed by atoms with E-state index in [0.717, 1.165) is 37.3 Å². The first-order valence-corrected chi connectivity index (χ1v) is 8.96. The highest BCUT2D eigenvalue weighted by Crippen LogP contribution is 2.17. The summed E-state index contributed by atoms with van der Waals surface area (Å²) < 4.78 is 0. The minimum absolute atomic E-state index is 0.231. The molecule has 0 aliphatic carbocycles. The van der Waals surface area contributed by atoms with Crippen LogP contribution < -0.4 is 10.2 Å². The molecule has 1 amide bonds. The SMILES string of the molecule is C[C@@](C#N)(CCc1ccccc1)NC(=O)c1ccc(N2CCCC2)nn1. The van der Waals surface area contributed by atoms with E-state index < -0.39 is 5.54 Å². The van der Waals surface area contributed by atoms with Gasteiger partial charge >= 0.3 is 0 Å². The van der Waals surface area contributed by atoms with E-state index in [9.17, 15) is 10.1 Å². The fourth-order valence-electron chi connectivity index (χ4n) is 3.06. The number of benzene rings is 1. The van der Waals surface area contributed by atoms with Crippen LogP contribution in [0.4, 0.5) is 5.82 Å². The van der Waals surface area contributed by atoms with Gasteiger partial charge < -0.3 is 10.2 Å². The van der Waals surface area contributed by atoms with E-state index in [4.69, 9.17) is 0 Å². The van der Waals surface area contributed by atoms with Crippen LogP contribution in [0.25, 0.3) is 0 Å². The molecule has 0 unspecified atom stereocenters. The summed E-state index contributed by atoms with van der Waals surface area (Å²) in [5, 5.41) is 20.6. The molecule has 1 N–H and O–H groups in total. The Morgan fingerprint density at radius 3 is 2.54 bits per heavy atom. The average molecular weight is 349 g/mol. The number of carbonyl (C=O) groups excluding carboxylic acids is 1. The van der Waals surface area contributed by atoms with Crippen molar-refractivity contribution in [2.45, 2.75) is 38.1 Å². The molecule has 6 heteroatoms. The average Bonchev–Trinajstić information content (AvgIpc) is 3.22. The summed E-state index contributed by atoms with van der Waals surface area (Å²) in [6, 6.07) is 15.6. The van der Waals surface area contributed by atoms with Gasteiger partial charge in [-0.3, -0.25) is 4.79 Å². The number of aryl methyl sites for hydroxylation is 1. The molecular formula is C20H23N5O. The third-order valence-corrected chi connectivity index (χ3v) is 4.71. The summed E-state index contributed by atoms with van der Waals surface area (Å²) in [5.74, 6) is 0.425. The Morgan fingerprint density at radius 1 is 1.19 bits per heavy atom. The lowest BCUT2D eigenvalue weighted by molar-refractivity contribution is 0.0915. The van der Waals surface area contributed by atoms with Gasteiger partial charge in [-0.25, -0.2) is 0 Å². The Kier molecular flexibility index (Phi) is 5.47. The zero-order valence-corrected chi connectivity index (χ0v) is 15.0. The standard InChI is InChI=1S/C20H23N5O/c1-20(15-21,12-11-16-7-3-2-4-8-16)22-19(26)17-9-10-18(24-23-17)25-13-5-6-14-25/h2-4,7-10H,5-6,11-14H2,1H3,(H,22,26)/t20-/m0/s1. The molecule has 6 nitrogen and oxygen atoms in total. The van der Waals surface area contributed by atoms with Crippen LogP contribution in [0.15, 0.2) is 42.5 Å². The third kappa shape index (κ3) is 4.37. The molecular weight excluding hydrogens is 326 g/mol. The monoisotopic (exact) mass is 349 g/mol. The number of anilines is 1. The first-order chi connectivity index (χ1) is 12.6. The van der Waals surface area contributed by atoms with Crippen LogP contribution in [0.3, 0.4) is 0 Å². The van der Waals surface area contributed by atoms with Gasteiger partial charge in [0.2, 0.25) is 0 Å². The van der Waals surface area contributed by atoms with Gasteiger partial charge in [0.25, 0.3) is 5.91 Å². The molecule has 1 fully saturated rings. The van der Waals surface area contributed by atoms with Crippen molar-refractivity contribution in [3.8, 4) is 6.07 Å². The summed E-state index contributed by atoms with van der Waals surface area (Å²) in [5.41, 5.74) is 0.412. The van der Waals surface area contributed by atoms with Crippen molar-refractivity contribution in [3.05, 3.63) is 53.7 Å². The number of rotatable bonds is 6. The molecule has 0 spiro atoms. The van der Waals surface area contributed by atoms with Crippen LogP contribution in [0, 0.1) is 11.3 Å². The molecule has 0 radical (unpaired) electrons. The fourth-order valence-corrected chi connectivity index (χ4v) is 3.06. The molecule has 1 atom stereocenters. The van der Waals surface area contributed by atoms with Crippen molar-refractivity contribution in [1.29, 1.82) is 5.26 Å². The first-order valence-electron chi connectivity index (χ1n) is 8.96. The lowest BCUT2D eigenvalue weighted by Gasteiger charge is -2.23. The topological polar surface area (TPSA) is 81.9 Å². The maximum absolute atomic E-state index is 12.5. The van der Waals surface area contributed by atoms with Gasteiger partial charge in [0.05, 0.1) is 6.07 Å². The van der Waals surface area contributed by atoms with Gasteiger partial charge in [-0.05, 0) is 50.3 Å². The van der Waals surface area contributed by atoms with Crippen molar-refractivity contribution in [2.75, 3.05) is 18.0 Å². The van der Waals surface area contributed by atoms with E-state index in [2.05, 4.69) is 26.5 Å². The molecule has 1 aliphatic rings. The predicted octanol–water partition coefficient (Wildman–Crippen LogP) is 2.72. The van der Waals surface area contributed by atoms with E-state index in [1.807, 2.05) is 36.4 Å². The maximum atomic E-state index is 12.5. The Morgan fingerprint density at radius 2 is 1.92 bits per heavy atom. The van der Waals surface area contributed by atoms with Crippen molar-refractivity contribution in [2.24, 2.45) is 0 Å². The molecule has 0 saturated carbocycles. The van der Waals surface area contributed by atoms with Crippen LogP contribution in [-0.2, 0) is 6.42 Å². The number of carbonyl (C=O) groups is 1. The smallest absolute Gasteiger partial charge is 0.273 e. The Balaban J connectivity index is 1.62. The van der Waals surface area contributed by atoms with Gasteiger partial charge in [0.15, 0.2) is 11.5 Å². The molecule has 1 saturated heterocycles. The van der Waals surface area contributed by atoms with Gasteiger partial charge in [-0.2, -0.15) is 5.26 Å². The second-order valence-corrected chi connectivity index (χ2v) is 6.85. The van der Waals surface area contributed by atoms with Gasteiger partial charge in [0, 0.05) is 13.1 Å². The Bertz CT molecular complexity index is 778. The quantitative estimate of drug-likeness (QED) is 0.867. The molecule has 3 rings (SSSR count). The normalized spacial score (nSPS) is 15.9. The lowest BCUT2D eigenvalue weighted by Crippen LogP contribution is -2.45. The Labute approximate surface area is 153 Å². The number of amides is 1. The number of hydrogen-bond acceptors (Lipinski definition) is 5. The number of hydrogen-bond donors (Lipinski definition) is 1. The van der Waals surface area contributed by atoms with Gasteiger partial charge in [0.1, 0.15) is 5.54 Å². The highest BCUT2D eigenvalue weighted by Gasteiger charge is 2.27. The largest absolute Gasteiger partial charge is 0.355 e. The van der Waals surface area contributed by atoms with Crippen molar-refractivity contribution in [3.63, 3.8) is 0 Å². The van der Waals surface area contributed by atoms with Crippen LogP contribution in [0.1, 0.15) is 42.2 Å². The fraction of sp³-hybridized carbons (Fsp3) is 0.400. The number of nitriles is 1. The molecule has 0 bridgehead atoms. The first kappa shape index (κ1) is 17.9. The summed E-state index contributed by atoms with van der Waals surface area (Å²) in [7, 11) is 0. The van der Waals surface area contributed by atoms with Crippen molar-refractivity contribution < 1.29 is 4.79 Å². The van der Waals surface area contributed by atoms with E-state index in [1.54, 1.807) is 13.0 Å². The van der Waals surface area contributed by atoms with Crippen LogP contribution in [0.5, 0.6) is 0 Å². The molecule has 2 heterocycles. The van der Waals surface area contributed by atoms with E-state index in [1.165, 1.54) is 0 Å². The third-order valence-electron chi connectivity index (χ3n) is 4.71. The zero-order chi connectivity index (χ0) is 18.4. The molecule has 1 aromatic carbocycles. The summed E-state index contributed by atoms with van der Waals surface area (Å²) in [6.45, 7) is 3.69. The lowest BCUT2D eigenvalue weighted by atomic mass is 9.94. The second-order valence-electron chi connectivity index (χ2n) is 6.85. The van der Waals surface area contributed by atoms with Crippen LogP contribution >= 0.6 is 0 Å². The van der Waals surface area contributed by atoms with E-state index in [-0.39, 0.29) is 11.6 Å². The molecule has 134 valence electrons. The summed E-state index contributed by atoms with van der Waals surface area (Å²) in [4.78, 5) is 14.6. The predicted molar refractivity (Wildman–Crippen MR) is 99.7 cm³/mol. The molecule has 2 aromatic rings. The number of nitrogens with zero attached hydrogens (tertiary/aromatic N) is 4. The summed E-state index contributed by atoms with van der Waals surface area (Å²) >= 11 is 0. The molecule has 1 aromatic heterocycles. The van der Waals surface area contributed by atoms with Crippen molar-refractivity contribution >= 4 is 11.7 Å². The number of nitrogens with one attached hydrogen (secondary N) is 1. The molecule has 26 heavy (non-hydrogen) atoms. The van der Waals surface area contributed by atoms with Crippen LogP contribution in [0.2, 0.25) is 0 Å². The van der Waals surface area contributed by atoms with E-state index >= 15 is 0 Å². The Hall–Kier alpha value is -2.94. The second kappa shape index (κ2) is 7.96.